The smallest absolute Gasteiger partial charge is 0.421 e. The summed E-state index contributed by atoms with van der Waals surface area (Å²) in [6.07, 6.45) is -3.38. The Morgan fingerprint density at radius 2 is 1.96 bits per heavy atom. The first-order valence-corrected chi connectivity index (χ1v) is 7.33. The Morgan fingerprint density at radius 1 is 1.19 bits per heavy atom. The summed E-state index contributed by atoms with van der Waals surface area (Å²) in [5, 5.41) is 12.9. The van der Waals surface area contributed by atoms with Gasteiger partial charge in [-0.3, -0.25) is 4.79 Å². The number of aromatic nitrogens is 4. The van der Waals surface area contributed by atoms with E-state index in [0.29, 0.717) is 5.69 Å². The monoisotopic (exact) mass is 363 g/mol. The maximum absolute atomic E-state index is 13.5. The number of carbonyl (C=O) groups excluding carboxylic acids is 1. The molecule has 0 fully saturated rings. The van der Waals surface area contributed by atoms with E-state index in [0.717, 1.165) is 13.0 Å². The number of benzene rings is 2. The van der Waals surface area contributed by atoms with Crippen molar-refractivity contribution in [3.63, 3.8) is 0 Å². The number of nitrogens with one attached hydrogen (secondary N) is 1. The van der Waals surface area contributed by atoms with Crippen LogP contribution < -0.4 is 10.1 Å². The molecular formula is C16H12F3N5O2. The summed E-state index contributed by atoms with van der Waals surface area (Å²) in [7, 11) is 0. The van der Waals surface area contributed by atoms with Crippen LogP contribution in [0.4, 0.5) is 18.9 Å². The number of halogens is 3. The van der Waals surface area contributed by atoms with Crippen LogP contribution in [-0.2, 0) is 11.0 Å². The molecule has 1 heterocycles. The Balaban J connectivity index is 2.00. The fourth-order valence-electron chi connectivity index (χ4n) is 2.30. The molecule has 10 heteroatoms. The third-order valence-corrected chi connectivity index (χ3v) is 3.28. The number of hydrogen-bond donors (Lipinski definition) is 1. The molecule has 0 unspecified atom stereocenters. The Kier molecular flexibility index (Phi) is 4.57. The second-order valence-electron chi connectivity index (χ2n) is 5.21. The molecule has 1 amide bonds. The highest BCUT2D eigenvalue weighted by molar-refractivity contribution is 5.90. The molecule has 26 heavy (non-hydrogen) atoms. The molecule has 0 saturated carbocycles. The number of hydrogen-bond acceptors (Lipinski definition) is 5. The van der Waals surface area contributed by atoms with E-state index in [-0.39, 0.29) is 11.4 Å². The highest BCUT2D eigenvalue weighted by atomic mass is 19.4. The van der Waals surface area contributed by atoms with E-state index in [1.807, 2.05) is 0 Å². The van der Waals surface area contributed by atoms with Crippen LogP contribution in [0.2, 0.25) is 0 Å². The highest BCUT2D eigenvalue weighted by Crippen LogP contribution is 2.42. The minimum Gasteiger partial charge on any atom is -0.457 e. The van der Waals surface area contributed by atoms with Gasteiger partial charge in [-0.15, -0.1) is 5.10 Å². The van der Waals surface area contributed by atoms with Crippen molar-refractivity contribution in [2.75, 3.05) is 5.32 Å². The lowest BCUT2D eigenvalue weighted by molar-refractivity contribution is -0.137. The number of alkyl halides is 3. The topological polar surface area (TPSA) is 81.9 Å². The number of tetrazole rings is 1. The van der Waals surface area contributed by atoms with Crippen LogP contribution in [0.1, 0.15) is 12.5 Å². The van der Waals surface area contributed by atoms with Gasteiger partial charge in [-0.2, -0.15) is 13.2 Å². The van der Waals surface area contributed by atoms with E-state index < -0.39 is 23.4 Å². The van der Waals surface area contributed by atoms with Crippen molar-refractivity contribution in [3.8, 4) is 17.2 Å². The normalized spacial score (nSPS) is 11.2. The number of anilines is 1. The van der Waals surface area contributed by atoms with E-state index >= 15 is 0 Å². The largest absolute Gasteiger partial charge is 0.457 e. The zero-order valence-corrected chi connectivity index (χ0v) is 13.4. The molecular weight excluding hydrogens is 351 g/mol. The number of ether oxygens (including phenoxy) is 1. The van der Waals surface area contributed by atoms with E-state index in [4.69, 9.17) is 4.74 Å². The maximum atomic E-state index is 13.5. The van der Waals surface area contributed by atoms with E-state index in [9.17, 15) is 18.0 Å². The first-order valence-electron chi connectivity index (χ1n) is 7.33. The Morgan fingerprint density at radius 3 is 2.62 bits per heavy atom. The molecule has 0 bridgehead atoms. The third kappa shape index (κ3) is 3.79. The lowest BCUT2D eigenvalue weighted by atomic mass is 10.1. The Bertz CT molecular complexity index is 926. The molecule has 3 aromatic rings. The van der Waals surface area contributed by atoms with Crippen molar-refractivity contribution in [1.82, 2.24) is 20.2 Å². The Labute approximate surface area is 145 Å². The summed E-state index contributed by atoms with van der Waals surface area (Å²) in [5.41, 5.74) is -0.929. The zero-order valence-electron chi connectivity index (χ0n) is 13.4. The highest BCUT2D eigenvalue weighted by Gasteiger charge is 2.37. The zero-order chi connectivity index (χ0) is 18.7. The second-order valence-corrected chi connectivity index (χ2v) is 5.21. The molecule has 0 aliphatic heterocycles. The van der Waals surface area contributed by atoms with Gasteiger partial charge in [0.1, 0.15) is 23.4 Å². The fraction of sp³-hybridized carbons (Fsp3) is 0.125. The number of rotatable bonds is 4. The van der Waals surface area contributed by atoms with Gasteiger partial charge in [-0.05, 0) is 34.7 Å². The third-order valence-electron chi connectivity index (χ3n) is 3.28. The first-order chi connectivity index (χ1) is 12.3. The van der Waals surface area contributed by atoms with Gasteiger partial charge in [0.05, 0.1) is 11.4 Å². The summed E-state index contributed by atoms with van der Waals surface area (Å²) in [5.74, 6) is -0.894. The quantitative estimate of drug-likeness (QED) is 0.768. The molecule has 7 nitrogen and oxygen atoms in total. The minimum atomic E-state index is -4.72. The summed E-state index contributed by atoms with van der Waals surface area (Å²) >= 11 is 0. The van der Waals surface area contributed by atoms with Crippen LogP contribution in [0.15, 0.2) is 48.8 Å². The van der Waals surface area contributed by atoms with Crippen molar-refractivity contribution in [1.29, 1.82) is 0 Å². The van der Waals surface area contributed by atoms with Crippen molar-refractivity contribution in [3.05, 3.63) is 54.4 Å². The maximum Gasteiger partial charge on any atom is 0.421 e. The predicted molar refractivity (Wildman–Crippen MR) is 85.0 cm³/mol. The van der Waals surface area contributed by atoms with E-state index in [2.05, 4.69) is 20.8 Å². The van der Waals surface area contributed by atoms with Gasteiger partial charge < -0.3 is 10.1 Å². The molecule has 1 N–H and O–H groups in total. The molecule has 3 rings (SSSR count). The van der Waals surface area contributed by atoms with Gasteiger partial charge >= 0.3 is 6.18 Å². The summed E-state index contributed by atoms with van der Waals surface area (Å²) in [6.45, 7) is 1.13. The second kappa shape index (κ2) is 6.82. The van der Waals surface area contributed by atoms with Gasteiger partial charge in [0.25, 0.3) is 0 Å². The molecule has 0 spiro atoms. The van der Waals surface area contributed by atoms with E-state index in [1.54, 1.807) is 12.1 Å². The minimum absolute atomic E-state index is 0.156. The fourth-order valence-corrected chi connectivity index (χ4v) is 2.30. The summed E-state index contributed by atoms with van der Waals surface area (Å²) < 4.78 is 47.3. The molecule has 0 aliphatic rings. The van der Waals surface area contributed by atoms with Crippen LogP contribution in [-0.4, -0.2) is 26.1 Å². The van der Waals surface area contributed by atoms with Crippen LogP contribution >= 0.6 is 0 Å². The van der Waals surface area contributed by atoms with E-state index in [1.165, 1.54) is 35.3 Å². The first kappa shape index (κ1) is 17.4. The van der Waals surface area contributed by atoms with Crippen molar-refractivity contribution in [2.45, 2.75) is 13.1 Å². The van der Waals surface area contributed by atoms with Crippen molar-refractivity contribution < 1.29 is 22.7 Å². The number of amides is 1. The average molecular weight is 363 g/mol. The summed E-state index contributed by atoms with van der Waals surface area (Å²) in [6, 6.07) is 9.95. The van der Waals surface area contributed by atoms with Gasteiger partial charge in [0.15, 0.2) is 0 Å². The molecule has 1 aromatic heterocycles. The van der Waals surface area contributed by atoms with Crippen LogP contribution in [0, 0.1) is 0 Å². The van der Waals surface area contributed by atoms with Crippen molar-refractivity contribution in [2.24, 2.45) is 0 Å². The molecule has 0 atom stereocenters. The van der Waals surface area contributed by atoms with Crippen LogP contribution in [0.25, 0.3) is 5.69 Å². The van der Waals surface area contributed by atoms with Crippen molar-refractivity contribution >= 4 is 11.6 Å². The lowest BCUT2D eigenvalue weighted by Gasteiger charge is -2.18. The van der Waals surface area contributed by atoms with Gasteiger partial charge in [0, 0.05) is 13.0 Å². The standard InChI is InChI=1S/C16H12F3N5O2/c1-10(25)21-13-6-3-7-14(15(13)16(17,18)19)26-12-5-2-4-11(8-12)24-9-20-22-23-24/h2-9H,1H3,(H,21,25). The number of carbonyl (C=O) groups is 1. The van der Waals surface area contributed by atoms with Gasteiger partial charge in [0.2, 0.25) is 5.91 Å². The van der Waals surface area contributed by atoms with Gasteiger partial charge in [-0.25, -0.2) is 4.68 Å². The van der Waals surface area contributed by atoms with Crippen LogP contribution in [0.5, 0.6) is 11.5 Å². The Hall–Kier alpha value is -3.43. The SMILES string of the molecule is CC(=O)Nc1cccc(Oc2cccc(-n3cnnn3)c2)c1C(F)(F)F. The van der Waals surface area contributed by atoms with Crippen LogP contribution in [0.3, 0.4) is 0 Å². The molecule has 134 valence electrons. The molecule has 0 aliphatic carbocycles. The lowest BCUT2D eigenvalue weighted by Crippen LogP contribution is -2.15. The summed E-state index contributed by atoms with van der Waals surface area (Å²) in [4.78, 5) is 11.2. The predicted octanol–water partition coefficient (Wildman–Crippen LogP) is 3.43. The number of nitrogens with zero attached hydrogens (tertiary/aromatic N) is 4. The molecule has 2 aromatic carbocycles. The average Bonchev–Trinajstić information content (AvgIpc) is 3.08. The molecule has 0 saturated heterocycles. The molecule has 0 radical (unpaired) electrons. The van der Waals surface area contributed by atoms with Gasteiger partial charge in [-0.1, -0.05) is 12.1 Å².